The highest BCUT2D eigenvalue weighted by Crippen LogP contribution is 2.30. The van der Waals surface area contributed by atoms with Crippen molar-refractivity contribution in [1.29, 1.82) is 0 Å². The molecule has 0 aliphatic heterocycles. The van der Waals surface area contributed by atoms with Crippen LogP contribution in [0.1, 0.15) is 10.5 Å². The fourth-order valence-electron chi connectivity index (χ4n) is 1.19. The molecule has 0 saturated heterocycles. The quantitative estimate of drug-likeness (QED) is 0.749. The van der Waals surface area contributed by atoms with E-state index in [1.54, 1.807) is 17.5 Å². The van der Waals surface area contributed by atoms with Gasteiger partial charge in [-0.1, -0.05) is 0 Å². The maximum absolute atomic E-state index is 11.3. The number of ether oxygens (including phenoxy) is 1. The van der Waals surface area contributed by atoms with Crippen molar-refractivity contribution in [1.82, 2.24) is 4.98 Å². The number of carbonyl (C=O) groups excluding carboxylic acids is 1. The van der Waals surface area contributed by atoms with E-state index >= 15 is 0 Å². The lowest BCUT2D eigenvalue weighted by Gasteiger charge is -1.98. The fourth-order valence-corrected chi connectivity index (χ4v) is 2.72. The lowest BCUT2D eigenvalue weighted by molar-refractivity contribution is 0.0596. The first kappa shape index (κ1) is 9.61. The van der Waals surface area contributed by atoms with Gasteiger partial charge in [-0.3, -0.25) is 0 Å². The molecule has 0 aliphatic rings. The fraction of sp³-hybridized carbons (Fsp3) is 0.111. The van der Waals surface area contributed by atoms with Crippen molar-refractivity contribution in [3.8, 4) is 0 Å². The van der Waals surface area contributed by atoms with Gasteiger partial charge in [0.05, 0.1) is 10.9 Å². The number of pyridine rings is 1. The third-order valence-corrected chi connectivity index (χ3v) is 3.40. The van der Waals surface area contributed by atoms with Crippen LogP contribution in [0.25, 0.3) is 10.1 Å². The van der Waals surface area contributed by atoms with Crippen molar-refractivity contribution in [3.63, 3.8) is 0 Å². The molecule has 2 aromatic heterocycles. The summed E-state index contributed by atoms with van der Waals surface area (Å²) in [5.41, 5.74) is 0.368. The summed E-state index contributed by atoms with van der Waals surface area (Å²) in [6.45, 7) is 0. The zero-order valence-corrected chi connectivity index (χ0v) is 9.68. The van der Waals surface area contributed by atoms with Gasteiger partial charge >= 0.3 is 5.97 Å². The van der Waals surface area contributed by atoms with Gasteiger partial charge in [-0.2, -0.15) is 0 Å². The minimum Gasteiger partial charge on any atom is -0.464 e. The highest BCUT2D eigenvalue weighted by atomic mass is 79.9. The molecule has 72 valence electrons. The molecule has 0 bridgehead atoms. The van der Waals surface area contributed by atoms with Crippen LogP contribution in [0.4, 0.5) is 0 Å². The molecule has 0 saturated carbocycles. The molecule has 2 heterocycles. The molecule has 14 heavy (non-hydrogen) atoms. The highest BCUT2D eigenvalue weighted by Gasteiger charge is 2.13. The summed E-state index contributed by atoms with van der Waals surface area (Å²) < 4.78 is 6.64. The smallest absolute Gasteiger partial charge is 0.357 e. The SMILES string of the molecule is COC(=O)c1nccc2sc(Br)cc12. The summed E-state index contributed by atoms with van der Waals surface area (Å²) in [7, 11) is 1.35. The Morgan fingerprint density at radius 3 is 3.14 bits per heavy atom. The third-order valence-electron chi connectivity index (χ3n) is 1.79. The van der Waals surface area contributed by atoms with E-state index in [0.717, 1.165) is 13.9 Å². The Labute approximate surface area is 92.8 Å². The van der Waals surface area contributed by atoms with Gasteiger partial charge in [0, 0.05) is 16.3 Å². The van der Waals surface area contributed by atoms with Crippen LogP contribution in [-0.2, 0) is 4.74 Å². The Morgan fingerprint density at radius 1 is 1.64 bits per heavy atom. The molecule has 0 spiro atoms. The molecule has 0 radical (unpaired) electrons. The van der Waals surface area contributed by atoms with Gasteiger partial charge in [0.2, 0.25) is 0 Å². The summed E-state index contributed by atoms with van der Waals surface area (Å²) >= 11 is 4.93. The normalized spacial score (nSPS) is 10.4. The Balaban J connectivity index is 2.70. The van der Waals surface area contributed by atoms with Gasteiger partial charge in [0.1, 0.15) is 0 Å². The summed E-state index contributed by atoms with van der Waals surface area (Å²) in [6.07, 6.45) is 1.61. The number of aromatic nitrogens is 1. The molecule has 0 unspecified atom stereocenters. The van der Waals surface area contributed by atoms with E-state index in [4.69, 9.17) is 0 Å². The number of nitrogens with zero attached hydrogens (tertiary/aromatic N) is 1. The van der Waals surface area contributed by atoms with Crippen LogP contribution in [0.15, 0.2) is 22.1 Å². The van der Waals surface area contributed by atoms with Crippen LogP contribution >= 0.6 is 27.3 Å². The zero-order valence-electron chi connectivity index (χ0n) is 7.28. The predicted molar refractivity (Wildman–Crippen MR) is 58.7 cm³/mol. The average molecular weight is 272 g/mol. The van der Waals surface area contributed by atoms with Crippen molar-refractivity contribution in [2.45, 2.75) is 0 Å². The van der Waals surface area contributed by atoms with Crippen molar-refractivity contribution in [2.24, 2.45) is 0 Å². The van der Waals surface area contributed by atoms with Crippen LogP contribution < -0.4 is 0 Å². The van der Waals surface area contributed by atoms with E-state index in [2.05, 4.69) is 25.7 Å². The van der Waals surface area contributed by atoms with Crippen LogP contribution in [0.5, 0.6) is 0 Å². The second kappa shape index (κ2) is 3.67. The maximum atomic E-state index is 11.3. The summed E-state index contributed by atoms with van der Waals surface area (Å²) in [4.78, 5) is 15.3. The van der Waals surface area contributed by atoms with Crippen LogP contribution in [0, 0.1) is 0 Å². The van der Waals surface area contributed by atoms with Crippen LogP contribution in [-0.4, -0.2) is 18.1 Å². The maximum Gasteiger partial charge on any atom is 0.357 e. The van der Waals surface area contributed by atoms with Gasteiger partial charge in [0.25, 0.3) is 0 Å². The van der Waals surface area contributed by atoms with E-state index in [9.17, 15) is 4.79 Å². The molecule has 0 atom stereocenters. The first-order valence-electron chi connectivity index (χ1n) is 3.84. The molecule has 3 nitrogen and oxygen atoms in total. The molecule has 2 aromatic rings. The molecule has 0 amide bonds. The zero-order chi connectivity index (χ0) is 10.1. The second-order valence-electron chi connectivity index (χ2n) is 2.61. The van der Waals surface area contributed by atoms with Gasteiger partial charge in [-0.25, -0.2) is 9.78 Å². The van der Waals surface area contributed by atoms with Crippen LogP contribution in [0.3, 0.4) is 0 Å². The van der Waals surface area contributed by atoms with E-state index in [-0.39, 0.29) is 0 Å². The number of thiophene rings is 1. The Hall–Kier alpha value is -0.940. The average Bonchev–Trinajstić information content (AvgIpc) is 2.56. The lowest BCUT2D eigenvalue weighted by atomic mass is 10.2. The van der Waals surface area contributed by atoms with E-state index in [0.29, 0.717) is 5.69 Å². The van der Waals surface area contributed by atoms with Crippen LogP contribution in [0.2, 0.25) is 0 Å². The van der Waals surface area contributed by atoms with Gasteiger partial charge in [0.15, 0.2) is 5.69 Å². The Kier molecular flexibility index (Phi) is 2.52. The Morgan fingerprint density at radius 2 is 2.43 bits per heavy atom. The first-order chi connectivity index (χ1) is 6.72. The molecule has 5 heteroatoms. The molecule has 0 aromatic carbocycles. The number of halogens is 1. The lowest BCUT2D eigenvalue weighted by Crippen LogP contribution is -2.03. The standard InChI is InChI=1S/C9H6BrNO2S/c1-13-9(12)8-5-4-7(10)14-6(5)2-3-11-8/h2-4H,1H3. The van der Waals surface area contributed by atoms with Crippen molar-refractivity contribution < 1.29 is 9.53 Å². The number of hydrogen-bond donors (Lipinski definition) is 0. The number of carbonyl (C=O) groups is 1. The molecule has 0 N–H and O–H groups in total. The minimum atomic E-state index is -0.402. The molecular formula is C9H6BrNO2S. The number of methoxy groups -OCH3 is 1. The van der Waals surface area contributed by atoms with Crippen molar-refractivity contribution in [2.75, 3.05) is 7.11 Å². The highest BCUT2D eigenvalue weighted by molar-refractivity contribution is 9.11. The van der Waals surface area contributed by atoms with Gasteiger partial charge < -0.3 is 4.74 Å². The van der Waals surface area contributed by atoms with Crippen molar-refractivity contribution >= 4 is 43.3 Å². The van der Waals surface area contributed by atoms with Crippen molar-refractivity contribution in [3.05, 3.63) is 27.8 Å². The first-order valence-corrected chi connectivity index (χ1v) is 5.45. The second-order valence-corrected chi connectivity index (χ2v) is 5.08. The van der Waals surface area contributed by atoms with E-state index in [1.807, 2.05) is 12.1 Å². The van der Waals surface area contributed by atoms with E-state index in [1.165, 1.54) is 7.11 Å². The number of esters is 1. The third kappa shape index (κ3) is 1.53. The van der Waals surface area contributed by atoms with E-state index < -0.39 is 5.97 Å². The molecular weight excluding hydrogens is 266 g/mol. The molecule has 0 aliphatic carbocycles. The topological polar surface area (TPSA) is 39.2 Å². The Bertz CT molecular complexity index is 495. The van der Waals surface area contributed by atoms with Gasteiger partial charge in [-0.15, -0.1) is 11.3 Å². The monoisotopic (exact) mass is 271 g/mol. The summed E-state index contributed by atoms with van der Waals surface area (Å²) in [6, 6.07) is 3.75. The number of hydrogen-bond acceptors (Lipinski definition) is 4. The van der Waals surface area contributed by atoms with Gasteiger partial charge in [-0.05, 0) is 28.1 Å². The number of fused-ring (bicyclic) bond motifs is 1. The largest absolute Gasteiger partial charge is 0.464 e. The molecule has 0 fully saturated rings. The number of rotatable bonds is 1. The predicted octanol–water partition coefficient (Wildman–Crippen LogP) is 2.85. The minimum absolute atomic E-state index is 0.368. The molecule has 2 rings (SSSR count). The summed E-state index contributed by atoms with van der Waals surface area (Å²) in [5.74, 6) is -0.402. The summed E-state index contributed by atoms with van der Waals surface area (Å²) in [5, 5.41) is 0.830.